The van der Waals surface area contributed by atoms with E-state index < -0.39 is 24.0 Å². The molecule has 0 unspecified atom stereocenters. The van der Waals surface area contributed by atoms with Crippen molar-refractivity contribution in [1.82, 2.24) is 9.88 Å². The third kappa shape index (κ3) is 8.14. The molecule has 2 aliphatic heterocycles. The van der Waals surface area contributed by atoms with Gasteiger partial charge in [0.05, 0.1) is 19.8 Å². The summed E-state index contributed by atoms with van der Waals surface area (Å²) in [6, 6.07) is 5.09. The van der Waals surface area contributed by atoms with Crippen molar-refractivity contribution in [3.63, 3.8) is 0 Å². The number of hydrogen-bond acceptors (Lipinski definition) is 7. The molecule has 0 spiro atoms. The Hall–Kier alpha value is -2.82. The first-order valence-corrected chi connectivity index (χ1v) is 14.6. The molecule has 0 saturated carbocycles. The van der Waals surface area contributed by atoms with E-state index in [0.29, 0.717) is 63.1 Å². The number of rotatable bonds is 14. The number of nitrogens with one attached hydrogen (secondary N) is 1. The molecule has 2 aliphatic rings. The maximum absolute atomic E-state index is 15.3. The van der Waals surface area contributed by atoms with Crippen LogP contribution in [0.1, 0.15) is 67.0 Å². The third-order valence-electron chi connectivity index (χ3n) is 8.31. The number of hydrogen-bond donors (Lipinski definition) is 2. The van der Waals surface area contributed by atoms with E-state index in [2.05, 4.69) is 10.3 Å². The molecule has 2 saturated heterocycles. The highest BCUT2D eigenvalue weighted by Gasteiger charge is 2.37. The highest BCUT2D eigenvalue weighted by atomic mass is 19.1. The molecule has 0 bridgehead atoms. The second kappa shape index (κ2) is 14.9. The van der Waals surface area contributed by atoms with E-state index in [9.17, 15) is 14.3 Å². The van der Waals surface area contributed by atoms with Crippen LogP contribution < -0.4 is 10.1 Å². The number of aryl methyl sites for hydroxylation is 1. The van der Waals surface area contributed by atoms with Crippen LogP contribution in [0, 0.1) is 18.7 Å². The number of ether oxygens (including phenoxy) is 3. The number of likely N-dealkylation sites (tertiary alicyclic amines) is 1. The topological polar surface area (TPSA) is 93.2 Å². The number of carbonyl (C=O) groups is 1. The Kier molecular flexibility index (Phi) is 11.3. The van der Waals surface area contributed by atoms with Gasteiger partial charge >= 0.3 is 5.97 Å². The molecule has 10 heteroatoms. The van der Waals surface area contributed by atoms with Crippen molar-refractivity contribution in [2.75, 3.05) is 45.8 Å². The highest BCUT2D eigenvalue weighted by molar-refractivity contribution is 5.76. The SMILES string of the molecule is CNc1nc(CCCC[C@@H](F)[C@@H]2CCN([C@H](C(=O)O)c3cc(F)ccc3COC3CCOCC3)C2)cc(OC)c1C. The second-order valence-corrected chi connectivity index (χ2v) is 11.1. The van der Waals surface area contributed by atoms with Gasteiger partial charge in [0.15, 0.2) is 0 Å². The summed E-state index contributed by atoms with van der Waals surface area (Å²) in [5.41, 5.74) is 2.87. The molecule has 8 nitrogen and oxygen atoms in total. The molecule has 226 valence electrons. The summed E-state index contributed by atoms with van der Waals surface area (Å²) < 4.78 is 46.5. The number of aliphatic carboxylic acids is 1. The van der Waals surface area contributed by atoms with Crippen LogP contribution in [-0.2, 0) is 27.3 Å². The number of carboxylic acid groups (broad SMARTS) is 1. The van der Waals surface area contributed by atoms with E-state index in [4.69, 9.17) is 14.2 Å². The number of pyridine rings is 1. The molecule has 4 rings (SSSR count). The van der Waals surface area contributed by atoms with E-state index in [1.54, 1.807) is 18.1 Å². The summed E-state index contributed by atoms with van der Waals surface area (Å²) in [6.45, 7) is 4.17. The number of aromatic nitrogens is 1. The average molecular weight is 576 g/mol. The standard InChI is InChI=1S/C31H43F2N3O5/c1-20-28(39-3)17-24(35-30(20)34-2)6-4-5-7-27(33)21-10-13-36(18-21)29(31(37)38)26-16-23(32)9-8-22(26)19-41-25-11-14-40-15-12-25/h8-9,16-17,21,25,27,29H,4-7,10-15,18-19H2,1-3H3,(H,34,35)(H,37,38)/t21-,27-,29+/m1/s1. The van der Waals surface area contributed by atoms with Crippen LogP contribution in [0.3, 0.4) is 0 Å². The van der Waals surface area contributed by atoms with Gasteiger partial charge in [-0.2, -0.15) is 0 Å². The molecular formula is C31H43F2N3O5. The number of benzene rings is 1. The van der Waals surface area contributed by atoms with Gasteiger partial charge in [-0.1, -0.05) is 12.5 Å². The zero-order chi connectivity index (χ0) is 29.4. The largest absolute Gasteiger partial charge is 0.496 e. The lowest BCUT2D eigenvalue weighted by Crippen LogP contribution is -2.34. The first-order valence-electron chi connectivity index (χ1n) is 14.6. The van der Waals surface area contributed by atoms with Crippen LogP contribution in [0.25, 0.3) is 0 Å². The highest BCUT2D eigenvalue weighted by Crippen LogP contribution is 2.34. The van der Waals surface area contributed by atoms with Crippen molar-refractivity contribution in [2.24, 2.45) is 5.92 Å². The number of anilines is 1. The minimum atomic E-state index is -1.07. The van der Waals surface area contributed by atoms with Crippen LogP contribution >= 0.6 is 0 Å². The minimum absolute atomic E-state index is 0.0302. The number of methoxy groups -OCH3 is 1. The van der Waals surface area contributed by atoms with Gasteiger partial charge in [0, 0.05) is 50.0 Å². The van der Waals surface area contributed by atoms with Crippen molar-refractivity contribution < 1.29 is 32.9 Å². The predicted molar refractivity (Wildman–Crippen MR) is 153 cm³/mol. The molecule has 2 aromatic rings. The molecule has 0 radical (unpaired) electrons. The Morgan fingerprint density at radius 1 is 1.24 bits per heavy atom. The van der Waals surface area contributed by atoms with Gasteiger partial charge in [-0.25, -0.2) is 13.8 Å². The zero-order valence-corrected chi connectivity index (χ0v) is 24.3. The predicted octanol–water partition coefficient (Wildman–Crippen LogP) is 5.47. The number of unbranched alkanes of at least 4 members (excludes halogenated alkanes) is 1. The van der Waals surface area contributed by atoms with Gasteiger partial charge in [0.2, 0.25) is 0 Å². The van der Waals surface area contributed by atoms with Crippen molar-refractivity contribution >= 4 is 11.8 Å². The fraction of sp³-hybridized carbons (Fsp3) is 0.613. The smallest absolute Gasteiger partial charge is 0.325 e. The molecule has 3 heterocycles. The third-order valence-corrected chi connectivity index (χ3v) is 8.31. The van der Waals surface area contributed by atoms with Crippen molar-refractivity contribution in [2.45, 2.75) is 76.8 Å². The monoisotopic (exact) mass is 575 g/mol. The summed E-state index contributed by atoms with van der Waals surface area (Å²) in [6.07, 6.45) is 3.72. The van der Waals surface area contributed by atoms with Crippen molar-refractivity contribution in [3.8, 4) is 5.75 Å². The first kappa shape index (κ1) is 31.1. The summed E-state index contributed by atoms with van der Waals surface area (Å²) >= 11 is 0. The van der Waals surface area contributed by atoms with E-state index >= 15 is 4.39 Å². The molecular weight excluding hydrogens is 532 g/mol. The van der Waals surface area contributed by atoms with Crippen LogP contribution in [0.4, 0.5) is 14.6 Å². The Bertz CT molecular complexity index is 1140. The summed E-state index contributed by atoms with van der Waals surface area (Å²) in [5.74, 6) is -0.277. The van der Waals surface area contributed by atoms with Gasteiger partial charge in [0.1, 0.15) is 29.6 Å². The maximum Gasteiger partial charge on any atom is 0.325 e. The molecule has 0 amide bonds. The van der Waals surface area contributed by atoms with Gasteiger partial charge in [0.25, 0.3) is 0 Å². The summed E-state index contributed by atoms with van der Waals surface area (Å²) in [4.78, 5) is 18.9. The lowest BCUT2D eigenvalue weighted by Gasteiger charge is -2.28. The van der Waals surface area contributed by atoms with Crippen LogP contribution in [0.2, 0.25) is 0 Å². The second-order valence-electron chi connectivity index (χ2n) is 11.1. The fourth-order valence-corrected chi connectivity index (χ4v) is 5.93. The lowest BCUT2D eigenvalue weighted by atomic mass is 9.96. The molecule has 3 atom stereocenters. The van der Waals surface area contributed by atoms with Crippen LogP contribution in [0.15, 0.2) is 24.3 Å². The molecule has 1 aromatic heterocycles. The average Bonchev–Trinajstić information content (AvgIpc) is 3.45. The fourth-order valence-electron chi connectivity index (χ4n) is 5.93. The summed E-state index contributed by atoms with van der Waals surface area (Å²) in [7, 11) is 3.46. The maximum atomic E-state index is 15.3. The quantitative estimate of drug-likeness (QED) is 0.287. The van der Waals surface area contributed by atoms with Crippen molar-refractivity contribution in [1.29, 1.82) is 0 Å². The number of nitrogens with zero attached hydrogens (tertiary/aromatic N) is 2. The summed E-state index contributed by atoms with van der Waals surface area (Å²) in [5, 5.41) is 13.3. The zero-order valence-electron chi connectivity index (χ0n) is 24.3. The van der Waals surface area contributed by atoms with Gasteiger partial charge < -0.3 is 24.6 Å². The number of halogens is 2. The normalized spacial score (nSPS) is 19.7. The Morgan fingerprint density at radius 3 is 2.73 bits per heavy atom. The minimum Gasteiger partial charge on any atom is -0.496 e. The van der Waals surface area contributed by atoms with E-state index in [0.717, 1.165) is 42.1 Å². The Morgan fingerprint density at radius 2 is 2.02 bits per heavy atom. The molecule has 1 aromatic carbocycles. The number of carboxylic acids is 1. The van der Waals surface area contributed by atoms with Crippen LogP contribution in [-0.4, -0.2) is 73.7 Å². The van der Waals surface area contributed by atoms with Crippen LogP contribution in [0.5, 0.6) is 5.75 Å². The van der Waals surface area contributed by atoms with Crippen molar-refractivity contribution in [3.05, 3.63) is 52.5 Å². The van der Waals surface area contributed by atoms with E-state index in [1.807, 2.05) is 20.0 Å². The molecule has 0 aliphatic carbocycles. The van der Waals surface area contributed by atoms with E-state index in [1.165, 1.54) is 12.1 Å². The lowest BCUT2D eigenvalue weighted by molar-refractivity contribution is -0.143. The first-order chi connectivity index (χ1) is 19.8. The molecule has 2 N–H and O–H groups in total. The molecule has 41 heavy (non-hydrogen) atoms. The van der Waals surface area contributed by atoms with Gasteiger partial charge in [-0.3, -0.25) is 9.69 Å². The molecule has 2 fully saturated rings. The van der Waals surface area contributed by atoms with Gasteiger partial charge in [-0.15, -0.1) is 0 Å². The number of alkyl halides is 1. The van der Waals surface area contributed by atoms with E-state index in [-0.39, 0.29) is 18.6 Å². The Labute approximate surface area is 241 Å². The van der Waals surface area contributed by atoms with Gasteiger partial charge in [-0.05, 0) is 75.3 Å². The Balaban J connectivity index is 1.33.